The van der Waals surface area contributed by atoms with Crippen LogP contribution in [0.1, 0.15) is 82.3 Å². The Balaban J connectivity index is 1.67. The zero-order chi connectivity index (χ0) is 19.5. The van der Waals surface area contributed by atoms with Gasteiger partial charge in [0.15, 0.2) is 5.13 Å². The molecule has 0 radical (unpaired) electrons. The molecule has 1 aromatic carbocycles. The predicted octanol–water partition coefficient (Wildman–Crippen LogP) is 7.29. The van der Waals surface area contributed by atoms with E-state index in [1.54, 1.807) is 0 Å². The third-order valence-electron chi connectivity index (χ3n) is 4.93. The Morgan fingerprint density at radius 1 is 1.00 bits per heavy atom. The van der Waals surface area contributed by atoms with Crippen LogP contribution in [0.15, 0.2) is 23.6 Å². The van der Waals surface area contributed by atoms with Gasteiger partial charge in [0, 0.05) is 17.4 Å². The van der Waals surface area contributed by atoms with Gasteiger partial charge in [0.2, 0.25) is 5.91 Å². The number of unbranched alkanes of at least 4 members (excludes halogenated alkanes) is 8. The molecule has 4 heteroatoms. The highest BCUT2D eigenvalue weighted by Crippen LogP contribution is 2.28. The lowest BCUT2D eigenvalue weighted by Gasteiger charge is -2.04. The molecule has 27 heavy (non-hydrogen) atoms. The minimum absolute atomic E-state index is 0.0832. The van der Waals surface area contributed by atoms with Crippen molar-refractivity contribution in [3.63, 3.8) is 0 Å². The predicted molar refractivity (Wildman–Crippen MR) is 117 cm³/mol. The normalized spacial score (nSPS) is 10.9. The fourth-order valence-electron chi connectivity index (χ4n) is 3.24. The molecular weight excluding hydrogens is 352 g/mol. The molecule has 1 heterocycles. The van der Waals surface area contributed by atoms with Gasteiger partial charge in [0.05, 0.1) is 5.69 Å². The Morgan fingerprint density at radius 2 is 1.67 bits per heavy atom. The number of benzene rings is 1. The van der Waals surface area contributed by atoms with Crippen LogP contribution >= 0.6 is 11.3 Å². The molecule has 0 spiro atoms. The smallest absolute Gasteiger partial charge is 0.226 e. The minimum atomic E-state index is 0.0832. The molecule has 148 valence electrons. The van der Waals surface area contributed by atoms with Crippen molar-refractivity contribution in [1.29, 1.82) is 0 Å². The number of carbonyl (C=O) groups is 1. The number of aromatic nitrogens is 1. The Morgan fingerprint density at radius 3 is 2.37 bits per heavy atom. The second-order valence-electron chi connectivity index (χ2n) is 7.48. The van der Waals surface area contributed by atoms with Crippen molar-refractivity contribution in [3.05, 3.63) is 34.7 Å². The summed E-state index contributed by atoms with van der Waals surface area (Å²) < 4.78 is 0. The third kappa shape index (κ3) is 7.84. The molecule has 0 fully saturated rings. The Hall–Kier alpha value is -1.68. The van der Waals surface area contributed by atoms with Gasteiger partial charge in [-0.15, -0.1) is 11.3 Å². The molecule has 0 bridgehead atoms. The first-order valence-electron chi connectivity index (χ1n) is 10.4. The van der Waals surface area contributed by atoms with Gasteiger partial charge in [-0.1, -0.05) is 76.0 Å². The van der Waals surface area contributed by atoms with Gasteiger partial charge in [-0.05, 0) is 31.9 Å². The monoisotopic (exact) mass is 386 g/mol. The van der Waals surface area contributed by atoms with Crippen LogP contribution in [-0.2, 0) is 4.79 Å². The van der Waals surface area contributed by atoms with Gasteiger partial charge in [0.25, 0.3) is 0 Å². The summed E-state index contributed by atoms with van der Waals surface area (Å²) in [5.41, 5.74) is 4.52. The second-order valence-corrected chi connectivity index (χ2v) is 8.34. The van der Waals surface area contributed by atoms with Crippen molar-refractivity contribution in [3.8, 4) is 11.3 Å². The number of hydrogen-bond acceptors (Lipinski definition) is 3. The Bertz CT molecular complexity index is 708. The van der Waals surface area contributed by atoms with E-state index in [2.05, 4.69) is 49.3 Å². The highest BCUT2D eigenvalue weighted by Gasteiger charge is 2.10. The standard InChI is InChI=1S/C23H34N2OS/c1-4-5-6-7-8-9-10-11-12-13-22(26)25-23-24-21(17-27-23)20-16-18(2)14-15-19(20)3/h14-17H,4-13H2,1-3H3,(H,24,25,26). The first kappa shape index (κ1) is 21.6. The quantitative estimate of drug-likeness (QED) is 0.389. The van der Waals surface area contributed by atoms with E-state index in [1.165, 1.54) is 67.4 Å². The molecule has 1 aromatic heterocycles. The van der Waals surface area contributed by atoms with Crippen LogP contribution in [0.3, 0.4) is 0 Å². The number of amides is 1. The van der Waals surface area contributed by atoms with Crippen LogP contribution in [0.5, 0.6) is 0 Å². The fourth-order valence-corrected chi connectivity index (χ4v) is 3.97. The minimum Gasteiger partial charge on any atom is -0.302 e. The first-order chi connectivity index (χ1) is 13.1. The number of anilines is 1. The number of nitrogens with zero attached hydrogens (tertiary/aromatic N) is 1. The van der Waals surface area contributed by atoms with E-state index >= 15 is 0 Å². The summed E-state index contributed by atoms with van der Waals surface area (Å²) in [5.74, 6) is 0.0832. The van der Waals surface area contributed by atoms with E-state index in [0.717, 1.165) is 24.1 Å². The number of carbonyl (C=O) groups excluding carboxylic acids is 1. The van der Waals surface area contributed by atoms with Crippen LogP contribution < -0.4 is 5.32 Å². The van der Waals surface area contributed by atoms with Crippen molar-refractivity contribution in [2.24, 2.45) is 0 Å². The average molecular weight is 387 g/mol. The summed E-state index contributed by atoms with van der Waals surface area (Å²) >= 11 is 1.50. The maximum absolute atomic E-state index is 12.1. The van der Waals surface area contributed by atoms with E-state index in [-0.39, 0.29) is 5.91 Å². The molecule has 0 saturated carbocycles. The van der Waals surface area contributed by atoms with Crippen LogP contribution in [0.2, 0.25) is 0 Å². The summed E-state index contributed by atoms with van der Waals surface area (Å²) in [6.45, 7) is 6.43. The number of hydrogen-bond donors (Lipinski definition) is 1. The Kier molecular flexibility index (Phi) is 9.54. The van der Waals surface area contributed by atoms with Crippen molar-refractivity contribution in [1.82, 2.24) is 4.98 Å². The van der Waals surface area contributed by atoms with Crippen molar-refractivity contribution in [2.75, 3.05) is 5.32 Å². The van der Waals surface area contributed by atoms with Gasteiger partial charge in [-0.25, -0.2) is 4.98 Å². The van der Waals surface area contributed by atoms with Gasteiger partial charge < -0.3 is 5.32 Å². The SMILES string of the molecule is CCCCCCCCCCCC(=O)Nc1nc(-c2cc(C)ccc2C)cs1. The average Bonchev–Trinajstić information content (AvgIpc) is 3.10. The zero-order valence-electron chi connectivity index (χ0n) is 17.1. The molecular formula is C23H34N2OS. The molecule has 2 rings (SSSR count). The first-order valence-corrected chi connectivity index (χ1v) is 11.3. The van der Waals surface area contributed by atoms with Gasteiger partial charge in [-0.3, -0.25) is 4.79 Å². The lowest BCUT2D eigenvalue weighted by Crippen LogP contribution is -2.10. The summed E-state index contributed by atoms with van der Waals surface area (Å²) in [6, 6.07) is 6.38. The maximum Gasteiger partial charge on any atom is 0.226 e. The molecule has 0 aliphatic heterocycles. The number of rotatable bonds is 12. The van der Waals surface area contributed by atoms with Crippen molar-refractivity contribution >= 4 is 22.4 Å². The van der Waals surface area contributed by atoms with Crippen LogP contribution in [-0.4, -0.2) is 10.9 Å². The van der Waals surface area contributed by atoms with Gasteiger partial charge in [0.1, 0.15) is 0 Å². The number of aryl methyl sites for hydroxylation is 2. The third-order valence-corrected chi connectivity index (χ3v) is 5.68. The van der Waals surface area contributed by atoms with E-state index in [0.29, 0.717) is 11.6 Å². The summed E-state index contributed by atoms with van der Waals surface area (Å²) in [5, 5.41) is 5.68. The van der Waals surface area contributed by atoms with E-state index in [1.807, 2.05) is 5.38 Å². The largest absolute Gasteiger partial charge is 0.302 e. The van der Waals surface area contributed by atoms with Crippen LogP contribution in [0.25, 0.3) is 11.3 Å². The van der Waals surface area contributed by atoms with Gasteiger partial charge >= 0.3 is 0 Å². The molecule has 1 amide bonds. The Labute approximate surface area is 168 Å². The topological polar surface area (TPSA) is 42.0 Å². The molecule has 0 unspecified atom stereocenters. The van der Waals surface area contributed by atoms with Crippen molar-refractivity contribution < 1.29 is 4.79 Å². The molecule has 0 saturated heterocycles. The summed E-state index contributed by atoms with van der Waals surface area (Å²) in [7, 11) is 0. The molecule has 0 atom stereocenters. The highest BCUT2D eigenvalue weighted by atomic mass is 32.1. The molecule has 0 aliphatic carbocycles. The molecule has 3 nitrogen and oxygen atoms in total. The number of thiazole rings is 1. The zero-order valence-corrected chi connectivity index (χ0v) is 18.0. The van der Waals surface area contributed by atoms with Crippen LogP contribution in [0.4, 0.5) is 5.13 Å². The molecule has 0 aliphatic rings. The summed E-state index contributed by atoms with van der Waals surface area (Å²) in [4.78, 5) is 16.7. The lowest BCUT2D eigenvalue weighted by atomic mass is 10.0. The van der Waals surface area contributed by atoms with E-state index < -0.39 is 0 Å². The maximum atomic E-state index is 12.1. The van der Waals surface area contributed by atoms with Gasteiger partial charge in [-0.2, -0.15) is 0 Å². The molecule has 2 aromatic rings. The van der Waals surface area contributed by atoms with Crippen LogP contribution in [0, 0.1) is 13.8 Å². The fraction of sp³-hybridized carbons (Fsp3) is 0.565. The van der Waals surface area contributed by atoms with E-state index in [4.69, 9.17) is 0 Å². The summed E-state index contributed by atoms with van der Waals surface area (Å²) in [6.07, 6.45) is 12.0. The second kappa shape index (κ2) is 11.9. The van der Waals surface area contributed by atoms with Crippen molar-refractivity contribution in [2.45, 2.75) is 85.0 Å². The molecule has 1 N–H and O–H groups in total. The highest BCUT2D eigenvalue weighted by molar-refractivity contribution is 7.14. The van der Waals surface area contributed by atoms with E-state index in [9.17, 15) is 4.79 Å². The lowest BCUT2D eigenvalue weighted by molar-refractivity contribution is -0.116. The number of nitrogens with one attached hydrogen (secondary N) is 1.